The maximum atomic E-state index is 11.8. The third-order valence-corrected chi connectivity index (χ3v) is 3.69. The molecular weight excluding hydrogens is 436 g/mol. The molecule has 1 fully saturated rings. The summed E-state index contributed by atoms with van der Waals surface area (Å²) in [5.74, 6) is -0.517. The molecule has 16 heavy (non-hydrogen) atoms. The average Bonchev–Trinajstić information content (AvgIpc) is 2.89. The summed E-state index contributed by atoms with van der Waals surface area (Å²) in [5.41, 5.74) is -0.345. The fourth-order valence-corrected chi connectivity index (χ4v) is 3.02. The van der Waals surface area contributed by atoms with Crippen molar-refractivity contribution in [2.75, 3.05) is 6.54 Å². The molecule has 1 aliphatic heterocycles. The Bertz CT molecular complexity index is 458. The van der Waals surface area contributed by atoms with Gasteiger partial charge in [-0.25, -0.2) is 4.79 Å². The molecule has 1 aromatic rings. The summed E-state index contributed by atoms with van der Waals surface area (Å²) in [6.07, 6.45) is 0. The molecule has 1 heterocycles. The number of phenolic OH excluding ortho intramolecular Hbond substituents is 1. The highest BCUT2D eigenvalue weighted by Gasteiger charge is 2.41. The van der Waals surface area contributed by atoms with Crippen LogP contribution in [0.25, 0.3) is 0 Å². The van der Waals surface area contributed by atoms with E-state index in [1.807, 2.05) is 22.6 Å². The molecule has 0 saturated carbocycles. The number of esters is 1. The third-order valence-electron chi connectivity index (χ3n) is 2.24. The van der Waals surface area contributed by atoms with Crippen LogP contribution >= 0.6 is 45.2 Å². The molecule has 6 heteroatoms. The number of nitrogens with one attached hydrogen (secondary N) is 1. The van der Waals surface area contributed by atoms with E-state index in [1.54, 1.807) is 19.1 Å². The van der Waals surface area contributed by atoms with Gasteiger partial charge in [-0.15, -0.1) is 0 Å². The van der Waals surface area contributed by atoms with Crippen molar-refractivity contribution in [3.05, 3.63) is 24.8 Å². The van der Waals surface area contributed by atoms with Crippen molar-refractivity contribution in [2.24, 2.45) is 0 Å². The van der Waals surface area contributed by atoms with Gasteiger partial charge in [-0.05, 0) is 64.2 Å². The van der Waals surface area contributed by atoms with Gasteiger partial charge in [0.1, 0.15) is 11.3 Å². The molecule has 0 aromatic heterocycles. The number of benzene rings is 1. The lowest BCUT2D eigenvalue weighted by molar-refractivity contribution is 0.0261. The maximum absolute atomic E-state index is 11.8. The van der Waals surface area contributed by atoms with Gasteiger partial charge in [0.2, 0.25) is 0 Å². The van der Waals surface area contributed by atoms with Crippen LogP contribution in [0.5, 0.6) is 5.75 Å². The molecule has 0 aliphatic carbocycles. The van der Waals surface area contributed by atoms with Crippen LogP contribution < -0.4 is 5.32 Å². The number of halogens is 2. The van der Waals surface area contributed by atoms with Gasteiger partial charge in [0.15, 0.2) is 5.72 Å². The Morgan fingerprint density at radius 3 is 2.75 bits per heavy atom. The molecule has 2 rings (SSSR count). The van der Waals surface area contributed by atoms with Crippen molar-refractivity contribution in [3.63, 3.8) is 0 Å². The highest BCUT2D eigenvalue weighted by Crippen LogP contribution is 2.29. The zero-order valence-corrected chi connectivity index (χ0v) is 12.7. The molecule has 2 N–H and O–H groups in total. The van der Waals surface area contributed by atoms with Crippen molar-refractivity contribution in [1.82, 2.24) is 5.32 Å². The van der Waals surface area contributed by atoms with Gasteiger partial charge < -0.3 is 9.84 Å². The highest BCUT2D eigenvalue weighted by atomic mass is 127. The lowest BCUT2D eigenvalue weighted by Gasteiger charge is -2.11. The highest BCUT2D eigenvalue weighted by molar-refractivity contribution is 14.1. The van der Waals surface area contributed by atoms with Gasteiger partial charge in [0.25, 0.3) is 0 Å². The molecule has 1 aromatic carbocycles. The van der Waals surface area contributed by atoms with Gasteiger partial charge in [-0.3, -0.25) is 5.32 Å². The van der Waals surface area contributed by atoms with E-state index in [4.69, 9.17) is 4.74 Å². The van der Waals surface area contributed by atoms with E-state index in [9.17, 15) is 9.90 Å². The first-order valence-corrected chi connectivity index (χ1v) is 6.73. The lowest BCUT2D eigenvalue weighted by Crippen LogP contribution is -2.20. The monoisotopic (exact) mass is 445 g/mol. The molecule has 0 amide bonds. The van der Waals surface area contributed by atoms with Crippen LogP contribution in [0, 0.1) is 7.14 Å². The minimum absolute atomic E-state index is 0.0183. The Balaban J connectivity index is 2.28. The van der Waals surface area contributed by atoms with Gasteiger partial charge in [-0.1, -0.05) is 0 Å². The first kappa shape index (κ1) is 12.4. The fourth-order valence-electron chi connectivity index (χ4n) is 1.18. The number of phenols is 1. The van der Waals surface area contributed by atoms with Crippen molar-refractivity contribution in [1.29, 1.82) is 0 Å². The van der Waals surface area contributed by atoms with E-state index in [1.165, 1.54) is 0 Å². The smallest absolute Gasteiger partial charge is 0.343 e. The minimum atomic E-state index is -0.559. The SMILES string of the molecule is CC1(OC(=O)c2cc(I)cc(I)c2O)CN1. The molecule has 0 radical (unpaired) electrons. The number of carbonyl (C=O) groups excluding carboxylic acids is 1. The zero-order valence-electron chi connectivity index (χ0n) is 8.38. The molecule has 1 unspecified atom stereocenters. The topological polar surface area (TPSA) is 68.5 Å². The van der Waals surface area contributed by atoms with Gasteiger partial charge >= 0.3 is 5.97 Å². The molecule has 1 aliphatic rings. The van der Waals surface area contributed by atoms with Crippen molar-refractivity contribution in [2.45, 2.75) is 12.6 Å². The van der Waals surface area contributed by atoms with Gasteiger partial charge in [0.05, 0.1) is 10.1 Å². The van der Waals surface area contributed by atoms with Crippen molar-refractivity contribution < 1.29 is 14.6 Å². The molecular formula is C10H9I2NO3. The van der Waals surface area contributed by atoms with Crippen LogP contribution in [0.2, 0.25) is 0 Å². The van der Waals surface area contributed by atoms with Gasteiger partial charge in [-0.2, -0.15) is 0 Å². The Morgan fingerprint density at radius 1 is 1.56 bits per heavy atom. The van der Waals surface area contributed by atoms with E-state index in [2.05, 4.69) is 27.9 Å². The normalized spacial score (nSPS) is 22.9. The molecule has 0 bridgehead atoms. The maximum Gasteiger partial charge on any atom is 0.343 e. The predicted molar refractivity (Wildman–Crippen MR) is 75.4 cm³/mol. The quantitative estimate of drug-likeness (QED) is 0.416. The van der Waals surface area contributed by atoms with E-state index in [0.29, 0.717) is 10.1 Å². The van der Waals surface area contributed by atoms with Crippen molar-refractivity contribution in [3.8, 4) is 5.75 Å². The van der Waals surface area contributed by atoms with Crippen LogP contribution in [0.4, 0.5) is 0 Å². The largest absolute Gasteiger partial charge is 0.506 e. The summed E-state index contributed by atoms with van der Waals surface area (Å²) in [4.78, 5) is 11.8. The van der Waals surface area contributed by atoms with E-state index in [-0.39, 0.29) is 11.3 Å². The number of carbonyl (C=O) groups is 1. The summed E-state index contributed by atoms with van der Waals surface area (Å²) in [7, 11) is 0. The number of hydrogen-bond acceptors (Lipinski definition) is 4. The number of rotatable bonds is 2. The van der Waals surface area contributed by atoms with Crippen LogP contribution in [-0.2, 0) is 4.74 Å². The predicted octanol–water partition coefficient (Wildman–Crippen LogP) is 2.08. The minimum Gasteiger partial charge on any atom is -0.506 e. The van der Waals surface area contributed by atoms with E-state index >= 15 is 0 Å². The second-order valence-corrected chi connectivity index (χ2v) is 6.17. The summed E-state index contributed by atoms with van der Waals surface area (Å²) < 4.78 is 6.74. The molecule has 1 saturated heterocycles. The molecule has 1 atom stereocenters. The van der Waals surface area contributed by atoms with Crippen LogP contribution in [0.15, 0.2) is 12.1 Å². The summed E-state index contributed by atoms with van der Waals surface area (Å²) in [6.45, 7) is 2.45. The summed E-state index contributed by atoms with van der Waals surface area (Å²) >= 11 is 4.08. The zero-order chi connectivity index (χ0) is 11.9. The Kier molecular flexibility index (Phi) is 3.32. The molecule has 86 valence electrons. The van der Waals surface area contributed by atoms with Crippen LogP contribution in [-0.4, -0.2) is 23.3 Å². The summed E-state index contributed by atoms with van der Waals surface area (Å²) in [6, 6.07) is 3.41. The Hall–Kier alpha value is -0.0900. The standard InChI is InChI=1S/C10H9I2NO3/c1-10(4-13-10)16-9(15)6-2-5(11)3-7(12)8(6)14/h2-3,13-14H,4H2,1H3. The first-order valence-electron chi connectivity index (χ1n) is 4.58. The van der Waals surface area contributed by atoms with E-state index in [0.717, 1.165) is 3.57 Å². The first-order chi connectivity index (χ1) is 7.41. The average molecular weight is 445 g/mol. The van der Waals surface area contributed by atoms with Crippen LogP contribution in [0.1, 0.15) is 17.3 Å². The fraction of sp³-hybridized carbons (Fsp3) is 0.300. The second kappa shape index (κ2) is 4.30. The van der Waals surface area contributed by atoms with E-state index < -0.39 is 11.7 Å². The number of aromatic hydroxyl groups is 1. The van der Waals surface area contributed by atoms with Gasteiger partial charge in [0, 0.05) is 3.57 Å². The number of hydrogen-bond donors (Lipinski definition) is 2. The number of ether oxygens (including phenoxy) is 1. The lowest BCUT2D eigenvalue weighted by atomic mass is 10.2. The van der Waals surface area contributed by atoms with Crippen LogP contribution in [0.3, 0.4) is 0 Å². The van der Waals surface area contributed by atoms with Crippen molar-refractivity contribution >= 4 is 51.2 Å². The Labute approximate surface area is 120 Å². The third kappa shape index (κ3) is 2.59. The molecule has 0 spiro atoms. The second-order valence-electron chi connectivity index (χ2n) is 3.76. The molecule has 4 nitrogen and oxygen atoms in total. The Morgan fingerprint density at radius 2 is 2.19 bits per heavy atom. The summed E-state index contributed by atoms with van der Waals surface area (Å²) in [5, 5.41) is 12.7.